The molecule has 1 atom stereocenters. The highest BCUT2D eigenvalue weighted by Gasteiger charge is 2.43. The average molecular weight is 548 g/mol. The van der Waals surface area contributed by atoms with Crippen LogP contribution in [0.2, 0.25) is 0 Å². The minimum absolute atomic E-state index is 0.00450. The van der Waals surface area contributed by atoms with Crippen molar-refractivity contribution in [1.29, 1.82) is 0 Å². The minimum Gasteiger partial charge on any atom is -0.457 e. The van der Waals surface area contributed by atoms with E-state index in [0.29, 0.717) is 41.2 Å². The largest absolute Gasteiger partial charge is 0.471 e. The smallest absolute Gasteiger partial charge is 0.457 e. The molecule has 2 heterocycles. The van der Waals surface area contributed by atoms with Gasteiger partial charge in [0.25, 0.3) is 0 Å². The molecule has 0 aliphatic carbocycles. The Hall–Kier alpha value is -3.76. The third-order valence-corrected chi connectivity index (χ3v) is 6.56. The van der Waals surface area contributed by atoms with E-state index in [1.54, 1.807) is 51.1 Å². The van der Waals surface area contributed by atoms with Crippen LogP contribution in [0.1, 0.15) is 54.2 Å². The standard InChI is InChI=1S/C28H32F3N3O5/c1-27(2,3)39-26(37)32-20-10-12-33(15-20)21-13-19-9-11-34(25(36)28(29,30)31)16-23(19)22(14-21)24(35)38-17-18-7-5-4-6-8-18/h4-8,13-14,20H,9-12,15-17H2,1-3H3,(H,32,37). The first-order chi connectivity index (χ1) is 18.3. The van der Waals surface area contributed by atoms with E-state index in [1.807, 2.05) is 17.0 Å². The second kappa shape index (κ2) is 11.2. The van der Waals surface area contributed by atoms with Crippen LogP contribution in [0.5, 0.6) is 0 Å². The van der Waals surface area contributed by atoms with E-state index in [0.717, 1.165) is 5.56 Å². The molecule has 1 saturated heterocycles. The molecule has 210 valence electrons. The van der Waals surface area contributed by atoms with E-state index >= 15 is 0 Å². The topological polar surface area (TPSA) is 88.2 Å². The number of benzene rings is 2. The Balaban J connectivity index is 1.56. The van der Waals surface area contributed by atoms with Crippen molar-refractivity contribution in [2.45, 2.75) is 64.6 Å². The molecule has 1 unspecified atom stereocenters. The molecule has 0 radical (unpaired) electrons. The number of hydrogen-bond acceptors (Lipinski definition) is 6. The van der Waals surface area contributed by atoms with Crippen LogP contribution in [0, 0.1) is 0 Å². The predicted octanol–water partition coefficient (Wildman–Crippen LogP) is 4.59. The SMILES string of the molecule is CC(C)(C)OC(=O)NC1CCN(c2cc3c(c(C(=O)OCc4ccccc4)c2)CN(C(=O)C(F)(F)F)CC3)C1. The van der Waals surface area contributed by atoms with Gasteiger partial charge < -0.3 is 24.6 Å². The summed E-state index contributed by atoms with van der Waals surface area (Å²) in [4.78, 5) is 40.1. The zero-order chi connectivity index (χ0) is 28.4. The quantitative estimate of drug-likeness (QED) is 0.551. The summed E-state index contributed by atoms with van der Waals surface area (Å²) in [5, 5.41) is 2.86. The number of nitrogens with one attached hydrogen (secondary N) is 1. The Morgan fingerprint density at radius 2 is 1.77 bits per heavy atom. The molecular weight excluding hydrogens is 515 g/mol. The number of amides is 2. The zero-order valence-corrected chi connectivity index (χ0v) is 22.1. The number of anilines is 1. The monoisotopic (exact) mass is 547 g/mol. The lowest BCUT2D eigenvalue weighted by molar-refractivity contribution is -0.186. The molecule has 0 aromatic heterocycles. The zero-order valence-electron chi connectivity index (χ0n) is 22.1. The van der Waals surface area contributed by atoms with E-state index < -0.39 is 29.7 Å². The van der Waals surface area contributed by atoms with Crippen LogP contribution in [-0.2, 0) is 33.8 Å². The summed E-state index contributed by atoms with van der Waals surface area (Å²) in [6.45, 7) is 5.94. The van der Waals surface area contributed by atoms with E-state index in [-0.39, 0.29) is 37.7 Å². The molecule has 0 bridgehead atoms. The minimum atomic E-state index is -5.00. The third kappa shape index (κ3) is 7.21. The number of carbonyl (C=O) groups excluding carboxylic acids is 3. The van der Waals surface area contributed by atoms with E-state index in [4.69, 9.17) is 9.47 Å². The highest BCUT2D eigenvalue weighted by molar-refractivity contribution is 5.93. The fourth-order valence-electron chi connectivity index (χ4n) is 4.76. The molecule has 2 aromatic rings. The number of hydrogen-bond donors (Lipinski definition) is 1. The van der Waals surface area contributed by atoms with Crippen molar-refractivity contribution in [3.05, 3.63) is 64.7 Å². The molecular formula is C28H32F3N3O5. The summed E-state index contributed by atoms with van der Waals surface area (Å²) in [7, 11) is 0. The van der Waals surface area contributed by atoms with E-state index in [2.05, 4.69) is 5.32 Å². The second-order valence-electron chi connectivity index (χ2n) is 10.7. The predicted molar refractivity (Wildman–Crippen MR) is 137 cm³/mol. The molecule has 39 heavy (non-hydrogen) atoms. The molecule has 2 aliphatic heterocycles. The highest BCUT2D eigenvalue weighted by Crippen LogP contribution is 2.33. The fraction of sp³-hybridized carbons (Fsp3) is 0.464. The van der Waals surface area contributed by atoms with Crippen LogP contribution in [0.25, 0.3) is 0 Å². The van der Waals surface area contributed by atoms with Crippen LogP contribution in [0.4, 0.5) is 23.7 Å². The summed E-state index contributed by atoms with van der Waals surface area (Å²) in [6, 6.07) is 12.3. The van der Waals surface area contributed by atoms with Crippen molar-refractivity contribution in [1.82, 2.24) is 10.2 Å². The Labute approximate surface area is 225 Å². The van der Waals surface area contributed by atoms with Crippen LogP contribution in [-0.4, -0.2) is 60.3 Å². The number of nitrogens with zero attached hydrogens (tertiary/aromatic N) is 2. The van der Waals surface area contributed by atoms with Gasteiger partial charge in [0.1, 0.15) is 12.2 Å². The van der Waals surface area contributed by atoms with Gasteiger partial charge in [-0.2, -0.15) is 13.2 Å². The first kappa shape index (κ1) is 28.3. The van der Waals surface area contributed by atoms with E-state index in [9.17, 15) is 27.6 Å². The number of rotatable bonds is 5. The van der Waals surface area contributed by atoms with Gasteiger partial charge in [0.05, 0.1) is 11.6 Å². The highest BCUT2D eigenvalue weighted by atomic mass is 19.4. The van der Waals surface area contributed by atoms with Gasteiger partial charge in [-0.05, 0) is 62.4 Å². The van der Waals surface area contributed by atoms with Crippen molar-refractivity contribution in [3.8, 4) is 0 Å². The number of ether oxygens (including phenoxy) is 2. The number of alkyl halides is 3. The first-order valence-corrected chi connectivity index (χ1v) is 12.8. The van der Waals surface area contributed by atoms with Crippen molar-refractivity contribution >= 4 is 23.7 Å². The van der Waals surface area contributed by atoms with E-state index in [1.165, 1.54) is 0 Å². The van der Waals surface area contributed by atoms with Crippen molar-refractivity contribution in [2.24, 2.45) is 0 Å². The molecule has 8 nitrogen and oxygen atoms in total. The lowest BCUT2D eigenvalue weighted by Gasteiger charge is -2.32. The summed E-state index contributed by atoms with van der Waals surface area (Å²) in [5.41, 5.74) is 2.00. The molecule has 0 spiro atoms. The second-order valence-corrected chi connectivity index (χ2v) is 10.7. The molecule has 2 aliphatic rings. The summed E-state index contributed by atoms with van der Waals surface area (Å²) >= 11 is 0. The number of fused-ring (bicyclic) bond motifs is 1. The molecule has 2 amide bonds. The molecule has 0 saturated carbocycles. The van der Waals surface area contributed by atoms with Crippen LogP contribution >= 0.6 is 0 Å². The van der Waals surface area contributed by atoms with Crippen molar-refractivity contribution in [2.75, 3.05) is 24.5 Å². The number of carbonyl (C=O) groups is 3. The maximum absolute atomic E-state index is 13.2. The van der Waals surface area contributed by atoms with Gasteiger partial charge in [-0.15, -0.1) is 0 Å². The average Bonchev–Trinajstić information content (AvgIpc) is 3.33. The van der Waals surface area contributed by atoms with Crippen molar-refractivity contribution < 1.29 is 37.0 Å². The molecule has 1 N–H and O–H groups in total. The third-order valence-electron chi connectivity index (χ3n) is 6.56. The Morgan fingerprint density at radius 3 is 2.44 bits per heavy atom. The number of esters is 1. The number of alkyl carbamates (subject to hydrolysis) is 1. The van der Waals surface area contributed by atoms with Gasteiger partial charge in [-0.1, -0.05) is 30.3 Å². The maximum Gasteiger partial charge on any atom is 0.471 e. The summed E-state index contributed by atoms with van der Waals surface area (Å²) < 4.78 is 50.3. The van der Waals surface area contributed by atoms with Gasteiger partial charge in [-0.25, -0.2) is 9.59 Å². The Bertz CT molecular complexity index is 1230. The molecule has 2 aromatic carbocycles. The Kier molecular flexibility index (Phi) is 8.08. The van der Waals surface area contributed by atoms with Gasteiger partial charge >= 0.3 is 24.1 Å². The molecule has 11 heteroatoms. The van der Waals surface area contributed by atoms with Gasteiger partial charge in [0.15, 0.2) is 0 Å². The normalized spacial score (nSPS) is 17.4. The van der Waals surface area contributed by atoms with Crippen LogP contribution in [0.15, 0.2) is 42.5 Å². The van der Waals surface area contributed by atoms with Crippen molar-refractivity contribution in [3.63, 3.8) is 0 Å². The van der Waals surface area contributed by atoms with Crippen LogP contribution < -0.4 is 10.2 Å². The Morgan fingerprint density at radius 1 is 1.05 bits per heavy atom. The number of halogens is 3. The van der Waals surface area contributed by atoms with Gasteiger partial charge in [0.2, 0.25) is 0 Å². The van der Waals surface area contributed by atoms with Gasteiger partial charge in [-0.3, -0.25) is 4.79 Å². The van der Waals surface area contributed by atoms with Gasteiger partial charge in [0, 0.05) is 31.9 Å². The van der Waals surface area contributed by atoms with Crippen LogP contribution in [0.3, 0.4) is 0 Å². The first-order valence-electron chi connectivity index (χ1n) is 12.8. The lowest BCUT2D eigenvalue weighted by atomic mass is 9.93. The lowest BCUT2D eigenvalue weighted by Crippen LogP contribution is -2.44. The fourth-order valence-corrected chi connectivity index (χ4v) is 4.76. The molecule has 1 fully saturated rings. The molecule has 4 rings (SSSR count). The maximum atomic E-state index is 13.2. The summed E-state index contributed by atoms with van der Waals surface area (Å²) in [5.74, 6) is -2.61. The summed E-state index contributed by atoms with van der Waals surface area (Å²) in [6.07, 6.45) is -4.70.